The van der Waals surface area contributed by atoms with Gasteiger partial charge in [-0.1, -0.05) is 49.0 Å². The summed E-state index contributed by atoms with van der Waals surface area (Å²) in [7, 11) is 7.62. The van der Waals surface area contributed by atoms with Crippen molar-refractivity contribution in [2.75, 3.05) is 7.05 Å². The van der Waals surface area contributed by atoms with Crippen molar-refractivity contribution in [1.82, 2.24) is 4.90 Å². The predicted octanol–water partition coefficient (Wildman–Crippen LogP) is 1.04. The van der Waals surface area contributed by atoms with Crippen LogP contribution in [0.2, 0.25) is 0 Å². The van der Waals surface area contributed by atoms with E-state index in [1.165, 1.54) is 11.3 Å². The van der Waals surface area contributed by atoms with E-state index in [0.717, 1.165) is 31.2 Å². The Kier molecular flexibility index (Phi) is 3.51. The monoisotopic (exact) mass is 281 g/mol. The van der Waals surface area contributed by atoms with Crippen molar-refractivity contribution in [3.05, 3.63) is 29.8 Å². The summed E-state index contributed by atoms with van der Waals surface area (Å²) in [5, 5.41) is 0. The highest BCUT2D eigenvalue weighted by Gasteiger charge is 2.53. The maximum atomic E-state index is 12.9. The SMILES string of the molecule is [B]c1cccc(C2(C3CCCCC3)N=C(N)N(C)C2=O)c1. The van der Waals surface area contributed by atoms with Crippen LogP contribution in [0.4, 0.5) is 0 Å². The fourth-order valence-electron chi connectivity index (χ4n) is 3.65. The topological polar surface area (TPSA) is 58.7 Å². The normalized spacial score (nSPS) is 27.0. The van der Waals surface area contributed by atoms with Crippen molar-refractivity contribution < 1.29 is 4.79 Å². The second-order valence-corrected chi connectivity index (χ2v) is 6.06. The number of carbonyl (C=O) groups excluding carboxylic acids is 1. The van der Waals surface area contributed by atoms with E-state index in [1.54, 1.807) is 7.05 Å². The number of hydrogen-bond acceptors (Lipinski definition) is 3. The molecule has 0 spiro atoms. The first kappa shape index (κ1) is 14.2. The lowest BCUT2D eigenvalue weighted by molar-refractivity contribution is -0.133. The lowest BCUT2D eigenvalue weighted by Crippen LogP contribution is -2.45. The van der Waals surface area contributed by atoms with Gasteiger partial charge in [0.05, 0.1) is 0 Å². The first-order valence-corrected chi connectivity index (χ1v) is 7.55. The molecular weight excluding hydrogens is 261 g/mol. The first-order chi connectivity index (χ1) is 10.1. The fourth-order valence-corrected chi connectivity index (χ4v) is 3.65. The van der Waals surface area contributed by atoms with Gasteiger partial charge in [-0.15, -0.1) is 0 Å². The summed E-state index contributed by atoms with van der Waals surface area (Å²) in [4.78, 5) is 19.0. The molecular formula is C16H20BN3O. The third-order valence-corrected chi connectivity index (χ3v) is 4.79. The number of aliphatic imine (C=N–C) groups is 1. The van der Waals surface area contributed by atoms with Crippen molar-refractivity contribution in [2.45, 2.75) is 37.6 Å². The minimum absolute atomic E-state index is 0.0301. The number of guanidine groups is 1. The molecule has 1 aromatic carbocycles. The second-order valence-electron chi connectivity index (χ2n) is 6.06. The average molecular weight is 281 g/mol. The van der Waals surface area contributed by atoms with E-state index in [9.17, 15) is 4.79 Å². The summed E-state index contributed by atoms with van der Waals surface area (Å²) in [6.45, 7) is 0. The highest BCUT2D eigenvalue weighted by atomic mass is 16.2. The van der Waals surface area contributed by atoms with Gasteiger partial charge in [0, 0.05) is 7.05 Å². The van der Waals surface area contributed by atoms with E-state index in [1.807, 2.05) is 24.3 Å². The molecule has 1 amide bonds. The fraction of sp³-hybridized carbons (Fsp3) is 0.500. The summed E-state index contributed by atoms with van der Waals surface area (Å²) < 4.78 is 0. The Balaban J connectivity index is 2.13. The molecule has 1 aliphatic carbocycles. The molecule has 0 bridgehead atoms. The van der Waals surface area contributed by atoms with Crippen LogP contribution in [-0.4, -0.2) is 31.7 Å². The standard InChI is InChI=1S/C16H20BN3O/c1-20-14(21)16(19-15(20)18,11-6-3-2-4-7-11)12-8-5-9-13(17)10-12/h5,8-11H,2-4,6-7H2,1H3,(H2,18,19). The summed E-state index contributed by atoms with van der Waals surface area (Å²) in [6.07, 6.45) is 5.52. The molecule has 108 valence electrons. The Bertz CT molecular complexity index is 595. The van der Waals surface area contributed by atoms with Crippen LogP contribution in [0.5, 0.6) is 0 Å². The van der Waals surface area contributed by atoms with Crippen LogP contribution in [0.25, 0.3) is 0 Å². The Morgan fingerprint density at radius 2 is 2.05 bits per heavy atom. The van der Waals surface area contributed by atoms with Crippen LogP contribution < -0.4 is 11.2 Å². The van der Waals surface area contributed by atoms with E-state index in [2.05, 4.69) is 4.99 Å². The molecule has 1 unspecified atom stereocenters. The quantitative estimate of drug-likeness (QED) is 0.823. The van der Waals surface area contributed by atoms with Crippen molar-refractivity contribution >= 4 is 25.2 Å². The van der Waals surface area contributed by atoms with Gasteiger partial charge in [0.1, 0.15) is 7.85 Å². The van der Waals surface area contributed by atoms with Crippen LogP contribution in [0.3, 0.4) is 0 Å². The molecule has 1 atom stereocenters. The number of rotatable bonds is 2. The Morgan fingerprint density at radius 3 is 2.62 bits per heavy atom. The number of carbonyl (C=O) groups is 1. The number of amides is 1. The maximum absolute atomic E-state index is 12.9. The van der Waals surface area contributed by atoms with Crippen LogP contribution in [0.1, 0.15) is 37.7 Å². The van der Waals surface area contributed by atoms with Gasteiger partial charge in [-0.2, -0.15) is 0 Å². The largest absolute Gasteiger partial charge is 0.369 e. The third kappa shape index (κ3) is 2.15. The minimum Gasteiger partial charge on any atom is -0.369 e. The van der Waals surface area contributed by atoms with E-state index < -0.39 is 5.54 Å². The molecule has 0 saturated heterocycles. The van der Waals surface area contributed by atoms with Gasteiger partial charge >= 0.3 is 0 Å². The van der Waals surface area contributed by atoms with Gasteiger partial charge in [-0.3, -0.25) is 9.69 Å². The molecule has 4 nitrogen and oxygen atoms in total. The van der Waals surface area contributed by atoms with Crippen molar-refractivity contribution in [3.8, 4) is 0 Å². The Hall–Kier alpha value is -1.78. The molecule has 0 aromatic heterocycles. The smallest absolute Gasteiger partial charge is 0.261 e. The second kappa shape index (κ2) is 5.21. The van der Waals surface area contributed by atoms with Crippen molar-refractivity contribution in [3.63, 3.8) is 0 Å². The van der Waals surface area contributed by atoms with Crippen molar-refractivity contribution in [2.24, 2.45) is 16.6 Å². The number of hydrogen-bond donors (Lipinski definition) is 1. The Morgan fingerprint density at radius 1 is 1.33 bits per heavy atom. The van der Waals surface area contributed by atoms with E-state index in [4.69, 9.17) is 13.6 Å². The van der Waals surface area contributed by atoms with E-state index in [-0.39, 0.29) is 11.8 Å². The average Bonchev–Trinajstić information content (AvgIpc) is 2.73. The summed E-state index contributed by atoms with van der Waals surface area (Å²) in [6, 6.07) is 7.52. The van der Waals surface area contributed by atoms with Gasteiger partial charge in [-0.05, 0) is 24.3 Å². The van der Waals surface area contributed by atoms with Gasteiger partial charge < -0.3 is 5.73 Å². The number of benzene rings is 1. The molecule has 2 aliphatic rings. The van der Waals surface area contributed by atoms with Crippen LogP contribution >= 0.6 is 0 Å². The van der Waals surface area contributed by atoms with Crippen LogP contribution in [0, 0.1) is 5.92 Å². The molecule has 5 heteroatoms. The lowest BCUT2D eigenvalue weighted by atomic mass is 9.70. The molecule has 1 saturated carbocycles. The first-order valence-electron chi connectivity index (χ1n) is 7.55. The molecule has 21 heavy (non-hydrogen) atoms. The molecule has 1 fully saturated rings. The molecule has 3 rings (SSSR count). The van der Waals surface area contributed by atoms with Gasteiger partial charge in [-0.25, -0.2) is 4.99 Å². The number of nitrogens with zero attached hydrogens (tertiary/aromatic N) is 2. The number of nitrogens with two attached hydrogens (primary N) is 1. The van der Waals surface area contributed by atoms with E-state index in [0.29, 0.717) is 11.4 Å². The van der Waals surface area contributed by atoms with Gasteiger partial charge in [0.25, 0.3) is 5.91 Å². The zero-order valence-electron chi connectivity index (χ0n) is 12.4. The third-order valence-electron chi connectivity index (χ3n) is 4.79. The molecule has 1 heterocycles. The highest BCUT2D eigenvalue weighted by Crippen LogP contribution is 2.45. The van der Waals surface area contributed by atoms with Crippen LogP contribution in [0.15, 0.2) is 29.3 Å². The lowest BCUT2D eigenvalue weighted by Gasteiger charge is -2.36. The zero-order valence-corrected chi connectivity index (χ0v) is 12.4. The van der Waals surface area contributed by atoms with Gasteiger partial charge in [0.2, 0.25) is 0 Å². The number of likely N-dealkylation sites (N-methyl/N-ethyl adjacent to an activating group) is 1. The predicted molar refractivity (Wildman–Crippen MR) is 84.5 cm³/mol. The zero-order chi connectivity index (χ0) is 15.0. The van der Waals surface area contributed by atoms with E-state index >= 15 is 0 Å². The molecule has 1 aliphatic heterocycles. The van der Waals surface area contributed by atoms with Crippen LogP contribution in [-0.2, 0) is 10.3 Å². The minimum atomic E-state index is -0.880. The molecule has 2 radical (unpaired) electrons. The maximum Gasteiger partial charge on any atom is 0.261 e. The molecule has 2 N–H and O–H groups in total. The highest BCUT2D eigenvalue weighted by molar-refractivity contribution is 6.32. The summed E-state index contributed by atoms with van der Waals surface area (Å²) >= 11 is 0. The molecule has 1 aromatic rings. The van der Waals surface area contributed by atoms with Gasteiger partial charge in [0.15, 0.2) is 11.5 Å². The Labute approximate surface area is 126 Å². The summed E-state index contributed by atoms with van der Waals surface area (Å²) in [5.41, 5.74) is 6.59. The summed E-state index contributed by atoms with van der Waals surface area (Å²) in [5.74, 6) is 0.467. The van der Waals surface area contributed by atoms with Crippen molar-refractivity contribution in [1.29, 1.82) is 0 Å².